The van der Waals surface area contributed by atoms with Gasteiger partial charge in [-0.05, 0) is 61.9 Å². The van der Waals surface area contributed by atoms with Crippen LogP contribution in [0.15, 0.2) is 48.5 Å². The molecule has 1 fully saturated rings. The Morgan fingerprint density at radius 2 is 1.60 bits per heavy atom. The number of sulfonamides is 1. The van der Waals surface area contributed by atoms with E-state index in [2.05, 4.69) is 10.0 Å². The van der Waals surface area contributed by atoms with Gasteiger partial charge in [0.2, 0.25) is 10.0 Å². The maximum atomic E-state index is 16.1. The fourth-order valence-corrected chi connectivity index (χ4v) is 4.84. The number of benzene rings is 2. The SMILES string of the molecule is CNC(=O)c1ccc(-c2ccc([C@]3(F)CCCC[C@@H]3NS(=O)(=O)C(C)C)cc2)cc1. The van der Waals surface area contributed by atoms with Crippen LogP contribution in [0.25, 0.3) is 11.1 Å². The molecule has 1 aliphatic carbocycles. The zero-order valence-corrected chi connectivity index (χ0v) is 18.4. The van der Waals surface area contributed by atoms with Crippen molar-refractivity contribution in [2.24, 2.45) is 0 Å². The smallest absolute Gasteiger partial charge is 0.251 e. The summed E-state index contributed by atoms with van der Waals surface area (Å²) in [7, 11) is -1.98. The maximum Gasteiger partial charge on any atom is 0.251 e. The van der Waals surface area contributed by atoms with E-state index < -0.39 is 27.0 Å². The molecular weight excluding hydrogens is 403 g/mol. The van der Waals surface area contributed by atoms with Crippen LogP contribution in [0.5, 0.6) is 0 Å². The van der Waals surface area contributed by atoms with Gasteiger partial charge in [-0.2, -0.15) is 0 Å². The highest BCUT2D eigenvalue weighted by atomic mass is 32.2. The molecule has 0 aromatic heterocycles. The monoisotopic (exact) mass is 432 g/mol. The minimum absolute atomic E-state index is 0.150. The second-order valence-electron chi connectivity index (χ2n) is 8.11. The molecule has 2 N–H and O–H groups in total. The van der Waals surface area contributed by atoms with E-state index in [-0.39, 0.29) is 5.91 Å². The van der Waals surface area contributed by atoms with Crippen molar-refractivity contribution in [1.82, 2.24) is 10.0 Å². The first-order chi connectivity index (χ1) is 14.2. The third-order valence-corrected chi connectivity index (χ3v) is 7.69. The quantitative estimate of drug-likeness (QED) is 0.720. The molecule has 1 saturated carbocycles. The van der Waals surface area contributed by atoms with Crippen LogP contribution in [0.3, 0.4) is 0 Å². The van der Waals surface area contributed by atoms with Crippen molar-refractivity contribution in [2.75, 3.05) is 7.05 Å². The van der Waals surface area contributed by atoms with Crippen molar-refractivity contribution in [3.05, 3.63) is 59.7 Å². The minimum atomic E-state index is -3.56. The first-order valence-corrected chi connectivity index (χ1v) is 11.8. The zero-order chi connectivity index (χ0) is 21.9. The summed E-state index contributed by atoms with van der Waals surface area (Å²) in [6, 6.07) is 13.6. The lowest BCUT2D eigenvalue weighted by atomic mass is 9.77. The van der Waals surface area contributed by atoms with Gasteiger partial charge >= 0.3 is 0 Å². The molecule has 3 rings (SSSR count). The lowest BCUT2D eigenvalue weighted by Crippen LogP contribution is -2.51. The summed E-state index contributed by atoms with van der Waals surface area (Å²) < 4.78 is 43.4. The van der Waals surface area contributed by atoms with Crippen molar-refractivity contribution < 1.29 is 17.6 Å². The number of rotatable bonds is 6. The Morgan fingerprint density at radius 3 is 2.13 bits per heavy atom. The molecule has 0 spiro atoms. The zero-order valence-electron chi connectivity index (χ0n) is 17.6. The number of alkyl halides is 1. The van der Waals surface area contributed by atoms with Gasteiger partial charge in [0.05, 0.1) is 11.3 Å². The van der Waals surface area contributed by atoms with E-state index in [9.17, 15) is 13.2 Å². The van der Waals surface area contributed by atoms with Gasteiger partial charge in [0.25, 0.3) is 5.91 Å². The van der Waals surface area contributed by atoms with Crippen LogP contribution in [0.1, 0.15) is 55.5 Å². The summed E-state index contributed by atoms with van der Waals surface area (Å²) in [5, 5.41) is 1.98. The Bertz CT molecular complexity index is 988. The molecule has 2 atom stereocenters. The van der Waals surface area contributed by atoms with Crippen LogP contribution >= 0.6 is 0 Å². The van der Waals surface area contributed by atoms with E-state index in [0.29, 0.717) is 24.0 Å². The van der Waals surface area contributed by atoms with E-state index in [1.54, 1.807) is 45.2 Å². The molecule has 1 aliphatic rings. The predicted molar refractivity (Wildman–Crippen MR) is 118 cm³/mol. The second-order valence-corrected chi connectivity index (χ2v) is 10.4. The van der Waals surface area contributed by atoms with E-state index in [0.717, 1.165) is 24.0 Å². The van der Waals surface area contributed by atoms with Crippen LogP contribution in [0, 0.1) is 0 Å². The normalized spacial score (nSPS) is 22.1. The van der Waals surface area contributed by atoms with Gasteiger partial charge in [-0.25, -0.2) is 17.5 Å². The molecule has 1 amide bonds. The lowest BCUT2D eigenvalue weighted by molar-refractivity contribution is 0.0712. The van der Waals surface area contributed by atoms with Crippen molar-refractivity contribution in [3.63, 3.8) is 0 Å². The number of halogens is 1. The van der Waals surface area contributed by atoms with Crippen molar-refractivity contribution in [2.45, 2.75) is 56.5 Å². The first kappa shape index (κ1) is 22.4. The molecule has 0 heterocycles. The predicted octanol–water partition coefficient (Wildman–Crippen LogP) is 4.15. The Balaban J connectivity index is 1.85. The number of carbonyl (C=O) groups is 1. The van der Waals surface area contributed by atoms with Gasteiger partial charge < -0.3 is 5.32 Å². The Hall–Kier alpha value is -2.25. The Labute approximate surface area is 178 Å². The third kappa shape index (κ3) is 4.57. The molecule has 0 saturated heterocycles. The van der Waals surface area contributed by atoms with E-state index in [1.807, 2.05) is 24.3 Å². The summed E-state index contributed by atoms with van der Waals surface area (Å²) in [4.78, 5) is 11.7. The molecule has 2 aromatic rings. The van der Waals surface area contributed by atoms with Gasteiger partial charge in [0, 0.05) is 12.6 Å². The molecule has 30 heavy (non-hydrogen) atoms. The van der Waals surface area contributed by atoms with Crippen LogP contribution in [-0.4, -0.2) is 32.7 Å². The largest absolute Gasteiger partial charge is 0.355 e. The van der Waals surface area contributed by atoms with Crippen LogP contribution in [0.4, 0.5) is 4.39 Å². The van der Waals surface area contributed by atoms with Crippen LogP contribution in [-0.2, 0) is 15.7 Å². The third-order valence-electron chi connectivity index (χ3n) is 5.84. The molecule has 0 radical (unpaired) electrons. The summed E-state index contributed by atoms with van der Waals surface area (Å²) in [5.41, 5.74) is 1.15. The summed E-state index contributed by atoms with van der Waals surface area (Å²) >= 11 is 0. The lowest BCUT2D eigenvalue weighted by Gasteiger charge is -2.38. The average Bonchev–Trinajstić information content (AvgIpc) is 2.75. The molecule has 0 bridgehead atoms. The van der Waals surface area contributed by atoms with Gasteiger partial charge in [-0.1, -0.05) is 42.8 Å². The fraction of sp³-hybridized carbons (Fsp3) is 0.435. The Kier molecular flexibility index (Phi) is 6.62. The number of amides is 1. The highest BCUT2D eigenvalue weighted by Gasteiger charge is 2.44. The van der Waals surface area contributed by atoms with Crippen molar-refractivity contribution in [1.29, 1.82) is 0 Å². The molecule has 0 unspecified atom stereocenters. The highest BCUT2D eigenvalue weighted by molar-refractivity contribution is 7.90. The van der Waals surface area contributed by atoms with Crippen LogP contribution < -0.4 is 10.0 Å². The summed E-state index contributed by atoms with van der Waals surface area (Å²) in [6.45, 7) is 3.19. The summed E-state index contributed by atoms with van der Waals surface area (Å²) in [5.74, 6) is -0.150. The molecule has 5 nitrogen and oxygen atoms in total. The second kappa shape index (κ2) is 8.86. The average molecular weight is 433 g/mol. The summed E-state index contributed by atoms with van der Waals surface area (Å²) in [6.07, 6.45) is 2.29. The van der Waals surface area contributed by atoms with Gasteiger partial charge in [0.15, 0.2) is 5.67 Å². The maximum absolute atomic E-state index is 16.1. The number of hydrogen-bond donors (Lipinski definition) is 2. The fourth-order valence-electron chi connectivity index (χ4n) is 3.86. The van der Waals surface area contributed by atoms with E-state index in [1.165, 1.54) is 0 Å². The topological polar surface area (TPSA) is 75.3 Å². The number of nitrogens with one attached hydrogen (secondary N) is 2. The standard InChI is InChI=1S/C23H29FN2O3S/c1-16(2)30(28,29)26-21-6-4-5-15-23(21,24)20-13-11-18(12-14-20)17-7-9-19(10-8-17)22(27)25-3/h7-14,16,21,26H,4-6,15H2,1-3H3,(H,25,27)/t21-,23+/m0/s1. The van der Waals surface area contributed by atoms with Gasteiger partial charge in [0.1, 0.15) is 0 Å². The molecule has 7 heteroatoms. The Morgan fingerprint density at radius 1 is 1.03 bits per heavy atom. The van der Waals surface area contributed by atoms with Gasteiger partial charge in [-0.3, -0.25) is 4.79 Å². The minimum Gasteiger partial charge on any atom is -0.355 e. The molecule has 2 aromatic carbocycles. The van der Waals surface area contributed by atoms with Crippen molar-refractivity contribution in [3.8, 4) is 11.1 Å². The first-order valence-electron chi connectivity index (χ1n) is 10.3. The number of hydrogen-bond acceptors (Lipinski definition) is 3. The molecule has 0 aliphatic heterocycles. The molecular formula is C23H29FN2O3S. The van der Waals surface area contributed by atoms with E-state index in [4.69, 9.17) is 0 Å². The van der Waals surface area contributed by atoms with E-state index >= 15 is 4.39 Å². The van der Waals surface area contributed by atoms with Crippen molar-refractivity contribution >= 4 is 15.9 Å². The number of carbonyl (C=O) groups excluding carboxylic acids is 1. The van der Waals surface area contributed by atoms with Gasteiger partial charge in [-0.15, -0.1) is 0 Å². The molecule has 162 valence electrons. The van der Waals surface area contributed by atoms with Crippen LogP contribution in [0.2, 0.25) is 0 Å². The highest BCUT2D eigenvalue weighted by Crippen LogP contribution is 2.42.